The lowest BCUT2D eigenvalue weighted by Gasteiger charge is -2.33. The van der Waals surface area contributed by atoms with E-state index in [1.807, 2.05) is 0 Å². The minimum Gasteiger partial charge on any atom is -0.272 e. The molecule has 0 amide bonds. The van der Waals surface area contributed by atoms with Gasteiger partial charge in [0.2, 0.25) is 0 Å². The molecular weight excluding hydrogens is 348 g/mol. The van der Waals surface area contributed by atoms with Crippen molar-refractivity contribution in [2.24, 2.45) is 28.8 Å². The summed E-state index contributed by atoms with van der Waals surface area (Å²) in [5, 5.41) is 26.5. The van der Waals surface area contributed by atoms with Gasteiger partial charge in [0.15, 0.2) is 0 Å². The van der Waals surface area contributed by atoms with E-state index < -0.39 is 9.85 Å². The van der Waals surface area contributed by atoms with Crippen LogP contribution in [-0.4, -0.2) is 15.6 Å². The smallest absolute Gasteiger partial charge is 0.272 e. The Morgan fingerprint density at radius 2 is 1.89 bits per heavy atom. The van der Waals surface area contributed by atoms with Crippen molar-refractivity contribution in [2.45, 2.75) is 51.4 Å². The maximum Gasteiger partial charge on any atom is 0.301 e. The zero-order chi connectivity index (χ0) is 19.0. The minimum absolute atomic E-state index is 0.195. The predicted octanol–water partition coefficient (Wildman–Crippen LogP) is 4.90. The third kappa shape index (κ3) is 3.65. The lowest BCUT2D eigenvalue weighted by Crippen LogP contribution is -2.27. The van der Waals surface area contributed by atoms with Crippen molar-refractivity contribution in [3.8, 4) is 0 Å². The van der Waals surface area contributed by atoms with E-state index in [0.29, 0.717) is 5.92 Å². The molecule has 144 valence electrons. The average Bonchev–Trinajstić information content (AvgIpc) is 3.30. The third-order valence-corrected chi connectivity index (χ3v) is 6.66. The van der Waals surface area contributed by atoms with Gasteiger partial charge >= 0.3 is 5.69 Å². The molecule has 8 nitrogen and oxygen atoms in total. The maximum atomic E-state index is 11.2. The van der Waals surface area contributed by atoms with Crippen LogP contribution in [0.25, 0.3) is 0 Å². The van der Waals surface area contributed by atoms with E-state index >= 15 is 0 Å². The van der Waals surface area contributed by atoms with E-state index in [1.165, 1.54) is 44.2 Å². The number of rotatable bonds is 5. The van der Waals surface area contributed by atoms with Crippen LogP contribution in [-0.2, 0) is 0 Å². The van der Waals surface area contributed by atoms with Crippen LogP contribution in [0.3, 0.4) is 0 Å². The average molecular weight is 372 g/mol. The van der Waals surface area contributed by atoms with Crippen molar-refractivity contribution in [2.75, 3.05) is 5.43 Å². The van der Waals surface area contributed by atoms with Crippen molar-refractivity contribution in [3.63, 3.8) is 0 Å². The molecule has 8 heteroatoms. The Labute approximate surface area is 157 Å². The highest BCUT2D eigenvalue weighted by molar-refractivity contribution is 5.86. The monoisotopic (exact) mass is 372 g/mol. The van der Waals surface area contributed by atoms with Gasteiger partial charge in [-0.2, -0.15) is 5.10 Å². The molecule has 1 aromatic rings. The van der Waals surface area contributed by atoms with Gasteiger partial charge in [0.25, 0.3) is 5.69 Å². The number of hydrogen-bond donors (Lipinski definition) is 1. The number of nitrogens with zero attached hydrogens (tertiary/aromatic N) is 3. The van der Waals surface area contributed by atoms with E-state index in [2.05, 4.69) is 10.5 Å². The first-order valence-electron chi connectivity index (χ1n) is 9.75. The number of non-ortho nitro benzene ring substituents is 1. The van der Waals surface area contributed by atoms with Gasteiger partial charge in [-0.3, -0.25) is 25.7 Å². The third-order valence-electron chi connectivity index (χ3n) is 6.66. The lowest BCUT2D eigenvalue weighted by molar-refractivity contribution is -0.393. The quantitative estimate of drug-likeness (QED) is 0.584. The molecule has 0 radical (unpaired) electrons. The normalized spacial score (nSPS) is 31.2. The minimum atomic E-state index is -0.635. The fourth-order valence-corrected chi connectivity index (χ4v) is 5.43. The molecule has 0 spiro atoms. The number of hydrazone groups is 1. The molecule has 3 aliphatic rings. The molecule has 27 heavy (non-hydrogen) atoms. The van der Waals surface area contributed by atoms with Crippen LogP contribution in [0, 0.1) is 43.9 Å². The molecule has 0 unspecified atom stereocenters. The Hall–Kier alpha value is -2.51. The van der Waals surface area contributed by atoms with Crippen LogP contribution in [0.1, 0.15) is 51.4 Å². The summed E-state index contributed by atoms with van der Waals surface area (Å²) >= 11 is 0. The van der Waals surface area contributed by atoms with Gasteiger partial charge in [-0.15, -0.1) is 0 Å². The molecule has 4 atom stereocenters. The van der Waals surface area contributed by atoms with Gasteiger partial charge in [0.1, 0.15) is 5.69 Å². The van der Waals surface area contributed by atoms with Crippen molar-refractivity contribution < 1.29 is 9.85 Å². The van der Waals surface area contributed by atoms with Crippen LogP contribution < -0.4 is 5.43 Å². The number of benzene rings is 1. The van der Waals surface area contributed by atoms with Crippen LogP contribution >= 0.6 is 0 Å². The van der Waals surface area contributed by atoms with E-state index in [4.69, 9.17) is 0 Å². The first-order valence-corrected chi connectivity index (χ1v) is 9.75. The summed E-state index contributed by atoms with van der Waals surface area (Å²) in [6.45, 7) is 0. The summed E-state index contributed by atoms with van der Waals surface area (Å²) in [5.74, 6) is 3.33. The highest BCUT2D eigenvalue weighted by Gasteiger charge is 2.43. The zero-order valence-corrected chi connectivity index (χ0v) is 15.2. The summed E-state index contributed by atoms with van der Waals surface area (Å²) < 4.78 is 0. The summed E-state index contributed by atoms with van der Waals surface area (Å²) in [5.41, 5.74) is 3.43. The van der Waals surface area contributed by atoms with Crippen LogP contribution in [0.15, 0.2) is 23.3 Å². The van der Waals surface area contributed by atoms with Gasteiger partial charge in [0.05, 0.1) is 15.9 Å². The molecule has 3 aliphatic carbocycles. The standard InChI is InChI=1S/C19H24N4O4/c24-22(25)16-6-7-18(19(11-16)23(26)27)21-20-15-3-1-2-13(10-15)17-9-12-4-5-14(17)8-12/h6-7,11-14,17,21H,1-5,8-10H2/b20-15+/t12-,13-,14-,17-/m1/s1. The predicted molar refractivity (Wildman–Crippen MR) is 102 cm³/mol. The second-order valence-corrected chi connectivity index (χ2v) is 8.20. The molecule has 2 bridgehead atoms. The van der Waals surface area contributed by atoms with Gasteiger partial charge in [-0.1, -0.05) is 6.42 Å². The van der Waals surface area contributed by atoms with Gasteiger partial charge in [-0.25, -0.2) is 0 Å². The van der Waals surface area contributed by atoms with E-state index in [1.54, 1.807) is 0 Å². The second-order valence-electron chi connectivity index (χ2n) is 8.20. The van der Waals surface area contributed by atoms with Crippen molar-refractivity contribution in [1.82, 2.24) is 0 Å². The number of anilines is 1. The first kappa shape index (κ1) is 17.9. The summed E-state index contributed by atoms with van der Waals surface area (Å²) in [7, 11) is 0. The number of nitrogens with one attached hydrogen (secondary N) is 1. The van der Waals surface area contributed by atoms with E-state index in [9.17, 15) is 20.2 Å². The van der Waals surface area contributed by atoms with Crippen molar-refractivity contribution in [1.29, 1.82) is 0 Å². The second kappa shape index (κ2) is 7.25. The Balaban J connectivity index is 1.46. The SMILES string of the molecule is O=[N+]([O-])c1ccc(N/N=C2\CCC[C@@H]([C@H]3C[C@@H]4CC[C@@H]3C4)C2)c([N+](=O)[O-])c1. The number of nitro benzene ring substituents is 2. The Kier molecular flexibility index (Phi) is 4.80. The van der Waals surface area contributed by atoms with Crippen molar-refractivity contribution in [3.05, 3.63) is 38.4 Å². The molecule has 0 aliphatic heterocycles. The molecule has 1 aromatic carbocycles. The summed E-state index contributed by atoms with van der Waals surface area (Å²) in [4.78, 5) is 20.8. The van der Waals surface area contributed by atoms with Gasteiger partial charge < -0.3 is 0 Å². The highest BCUT2D eigenvalue weighted by Crippen LogP contribution is 2.53. The lowest BCUT2D eigenvalue weighted by atomic mass is 9.72. The molecule has 3 saturated carbocycles. The van der Waals surface area contributed by atoms with E-state index in [-0.39, 0.29) is 17.1 Å². The maximum absolute atomic E-state index is 11.2. The molecular formula is C19H24N4O4. The molecule has 1 N–H and O–H groups in total. The van der Waals surface area contributed by atoms with Gasteiger partial charge in [-0.05, 0) is 74.7 Å². The number of hydrogen-bond acceptors (Lipinski definition) is 6. The molecule has 0 saturated heterocycles. The molecule has 0 heterocycles. The Morgan fingerprint density at radius 3 is 2.56 bits per heavy atom. The zero-order valence-electron chi connectivity index (χ0n) is 15.2. The number of nitro groups is 2. The van der Waals surface area contributed by atoms with Crippen molar-refractivity contribution >= 4 is 22.8 Å². The molecule has 3 fully saturated rings. The Bertz CT molecular complexity index is 794. The summed E-state index contributed by atoms with van der Waals surface area (Å²) in [6.07, 6.45) is 9.79. The Morgan fingerprint density at radius 1 is 1.04 bits per heavy atom. The topological polar surface area (TPSA) is 111 Å². The van der Waals surface area contributed by atoms with Crippen LogP contribution in [0.5, 0.6) is 0 Å². The van der Waals surface area contributed by atoms with Crippen LogP contribution in [0.2, 0.25) is 0 Å². The molecule has 0 aromatic heterocycles. The van der Waals surface area contributed by atoms with Gasteiger partial charge in [0, 0.05) is 11.8 Å². The fourth-order valence-electron chi connectivity index (χ4n) is 5.43. The highest BCUT2D eigenvalue weighted by atomic mass is 16.6. The first-order chi connectivity index (χ1) is 13.0. The summed E-state index contributed by atoms with van der Waals surface area (Å²) in [6, 6.07) is 3.59. The number of fused-ring (bicyclic) bond motifs is 2. The molecule has 4 rings (SSSR count). The largest absolute Gasteiger partial charge is 0.301 e. The van der Waals surface area contributed by atoms with E-state index in [0.717, 1.165) is 48.8 Å². The fraction of sp³-hybridized carbons (Fsp3) is 0.632. The van der Waals surface area contributed by atoms with Crippen LogP contribution in [0.4, 0.5) is 17.1 Å².